The highest BCUT2D eigenvalue weighted by Crippen LogP contribution is 2.40. The van der Waals surface area contributed by atoms with Gasteiger partial charge in [0.05, 0.1) is 11.6 Å². The third-order valence-electron chi connectivity index (χ3n) is 3.69. The first kappa shape index (κ1) is 14.5. The topological polar surface area (TPSA) is 57.6 Å². The molecule has 2 aromatic rings. The average molecular weight is 313 g/mol. The minimum atomic E-state index is -0.509. The van der Waals surface area contributed by atoms with Crippen LogP contribution in [0.4, 0.5) is 0 Å². The molecule has 0 saturated carbocycles. The van der Waals surface area contributed by atoms with Gasteiger partial charge in [-0.05, 0) is 23.9 Å². The number of hydrogen-bond donors (Lipinski definition) is 1. The number of aliphatic hydroxyl groups is 1. The van der Waals surface area contributed by atoms with E-state index < -0.39 is 17.7 Å². The van der Waals surface area contributed by atoms with Crippen molar-refractivity contribution in [2.45, 2.75) is 19.5 Å². The van der Waals surface area contributed by atoms with Crippen LogP contribution in [0.25, 0.3) is 0 Å². The molecule has 0 radical (unpaired) electrons. The molecule has 0 fully saturated rings. The number of carbonyl (C=O) groups excluding carboxylic acids is 2. The standard InChI is InChI=1S/C17H15NO3S/c1-11(19)14-15(13-8-5-9-22-13)18(17(21)16(14)20)10-12-6-3-2-4-7-12/h2-9,15,20H,10H2,1H3/t15-/m1/s1. The van der Waals surface area contributed by atoms with E-state index in [4.69, 9.17) is 0 Å². The van der Waals surface area contributed by atoms with Crippen molar-refractivity contribution in [3.05, 3.63) is 69.6 Å². The highest BCUT2D eigenvalue weighted by Gasteiger charge is 2.42. The number of aliphatic hydroxyl groups excluding tert-OH is 1. The van der Waals surface area contributed by atoms with E-state index in [0.717, 1.165) is 10.4 Å². The summed E-state index contributed by atoms with van der Waals surface area (Å²) in [5, 5.41) is 12.0. The van der Waals surface area contributed by atoms with Gasteiger partial charge in [-0.25, -0.2) is 0 Å². The van der Waals surface area contributed by atoms with Crippen LogP contribution in [0.15, 0.2) is 59.2 Å². The van der Waals surface area contributed by atoms with Crippen LogP contribution in [0.1, 0.15) is 23.4 Å². The predicted octanol–water partition coefficient (Wildman–Crippen LogP) is 3.23. The summed E-state index contributed by atoms with van der Waals surface area (Å²) < 4.78 is 0. The van der Waals surface area contributed by atoms with E-state index in [1.165, 1.54) is 18.3 Å². The summed E-state index contributed by atoms with van der Waals surface area (Å²) in [7, 11) is 0. The lowest BCUT2D eigenvalue weighted by Gasteiger charge is -2.25. The number of ketones is 1. The maximum atomic E-state index is 12.4. The molecular weight excluding hydrogens is 298 g/mol. The Kier molecular flexibility index (Phi) is 3.81. The van der Waals surface area contributed by atoms with Gasteiger partial charge >= 0.3 is 0 Å². The number of amides is 1. The number of Topliss-reactive ketones (excluding diaryl/α,β-unsaturated/α-hetero) is 1. The summed E-state index contributed by atoms with van der Waals surface area (Å²) in [6, 6.07) is 12.8. The fourth-order valence-electron chi connectivity index (χ4n) is 2.70. The average Bonchev–Trinajstić information content (AvgIpc) is 3.10. The lowest BCUT2D eigenvalue weighted by Crippen LogP contribution is -2.30. The smallest absolute Gasteiger partial charge is 0.290 e. The third kappa shape index (κ3) is 2.44. The second kappa shape index (κ2) is 5.77. The van der Waals surface area contributed by atoms with Crippen molar-refractivity contribution in [2.24, 2.45) is 0 Å². The number of carbonyl (C=O) groups is 2. The first-order chi connectivity index (χ1) is 10.6. The van der Waals surface area contributed by atoms with Crippen LogP contribution in [-0.4, -0.2) is 21.7 Å². The van der Waals surface area contributed by atoms with Gasteiger partial charge in [0.2, 0.25) is 0 Å². The molecule has 1 N–H and O–H groups in total. The second-order valence-electron chi connectivity index (χ2n) is 5.16. The van der Waals surface area contributed by atoms with Crippen LogP contribution in [0.2, 0.25) is 0 Å². The molecule has 22 heavy (non-hydrogen) atoms. The quantitative estimate of drug-likeness (QED) is 0.943. The summed E-state index contributed by atoms with van der Waals surface area (Å²) in [5.41, 5.74) is 1.14. The number of hydrogen-bond acceptors (Lipinski definition) is 4. The van der Waals surface area contributed by atoms with Crippen molar-refractivity contribution >= 4 is 23.0 Å². The van der Waals surface area contributed by atoms with Gasteiger partial charge in [0.25, 0.3) is 5.91 Å². The zero-order chi connectivity index (χ0) is 15.7. The molecule has 5 heteroatoms. The van der Waals surface area contributed by atoms with E-state index in [1.807, 2.05) is 47.8 Å². The Morgan fingerprint density at radius 3 is 2.55 bits per heavy atom. The normalized spacial score (nSPS) is 18.1. The van der Waals surface area contributed by atoms with Crippen LogP contribution < -0.4 is 0 Å². The number of rotatable bonds is 4. The third-order valence-corrected chi connectivity index (χ3v) is 4.62. The molecule has 0 saturated heterocycles. The summed E-state index contributed by atoms with van der Waals surface area (Å²) >= 11 is 1.47. The van der Waals surface area contributed by atoms with Crippen molar-refractivity contribution in [2.75, 3.05) is 0 Å². The molecule has 2 heterocycles. The van der Waals surface area contributed by atoms with Crippen molar-refractivity contribution in [1.29, 1.82) is 0 Å². The SMILES string of the molecule is CC(=O)C1=C(O)C(=O)N(Cc2ccccc2)[C@@H]1c1cccs1. The molecule has 0 unspecified atom stereocenters. The van der Waals surface area contributed by atoms with Crippen molar-refractivity contribution in [3.8, 4) is 0 Å². The Morgan fingerprint density at radius 2 is 1.95 bits per heavy atom. The Bertz CT molecular complexity index is 735. The van der Waals surface area contributed by atoms with E-state index in [-0.39, 0.29) is 11.4 Å². The van der Waals surface area contributed by atoms with Gasteiger partial charge < -0.3 is 10.0 Å². The molecular formula is C17H15NO3S. The predicted molar refractivity (Wildman–Crippen MR) is 84.4 cm³/mol. The maximum absolute atomic E-state index is 12.4. The molecule has 1 aliphatic heterocycles. The zero-order valence-electron chi connectivity index (χ0n) is 12.0. The molecule has 1 amide bonds. The van der Waals surface area contributed by atoms with Crippen LogP contribution in [0.5, 0.6) is 0 Å². The van der Waals surface area contributed by atoms with Crippen LogP contribution in [0.3, 0.4) is 0 Å². The van der Waals surface area contributed by atoms with E-state index in [9.17, 15) is 14.7 Å². The van der Waals surface area contributed by atoms with Gasteiger partial charge in [-0.1, -0.05) is 36.4 Å². The molecule has 3 rings (SSSR count). The molecule has 0 spiro atoms. The Labute approximate surface area is 132 Å². The molecule has 1 aromatic heterocycles. The molecule has 1 aliphatic rings. The maximum Gasteiger partial charge on any atom is 0.290 e. The molecule has 1 atom stereocenters. The molecule has 0 bridgehead atoms. The van der Waals surface area contributed by atoms with E-state index in [0.29, 0.717) is 6.54 Å². The van der Waals surface area contributed by atoms with Gasteiger partial charge in [0.1, 0.15) is 0 Å². The number of nitrogens with zero attached hydrogens (tertiary/aromatic N) is 1. The lowest BCUT2D eigenvalue weighted by molar-refractivity contribution is -0.130. The summed E-state index contributed by atoms with van der Waals surface area (Å²) in [4.78, 5) is 26.7. The summed E-state index contributed by atoms with van der Waals surface area (Å²) in [6.45, 7) is 1.73. The molecule has 112 valence electrons. The number of benzene rings is 1. The van der Waals surface area contributed by atoms with Crippen molar-refractivity contribution in [3.63, 3.8) is 0 Å². The van der Waals surface area contributed by atoms with Gasteiger partial charge in [-0.2, -0.15) is 0 Å². The van der Waals surface area contributed by atoms with Gasteiger partial charge in [0.15, 0.2) is 11.5 Å². The van der Waals surface area contributed by atoms with Crippen LogP contribution in [-0.2, 0) is 16.1 Å². The fraction of sp³-hybridized carbons (Fsp3) is 0.176. The highest BCUT2D eigenvalue weighted by molar-refractivity contribution is 7.10. The zero-order valence-corrected chi connectivity index (χ0v) is 12.8. The van der Waals surface area contributed by atoms with E-state index in [2.05, 4.69) is 0 Å². The minimum Gasteiger partial charge on any atom is -0.503 e. The van der Waals surface area contributed by atoms with E-state index in [1.54, 1.807) is 4.90 Å². The minimum absolute atomic E-state index is 0.184. The lowest BCUT2D eigenvalue weighted by atomic mass is 10.0. The summed E-state index contributed by atoms with van der Waals surface area (Å²) in [6.07, 6.45) is 0. The van der Waals surface area contributed by atoms with Gasteiger partial charge in [-0.15, -0.1) is 11.3 Å². The first-order valence-corrected chi connectivity index (χ1v) is 7.80. The Morgan fingerprint density at radius 1 is 1.23 bits per heavy atom. The van der Waals surface area contributed by atoms with Gasteiger partial charge in [0, 0.05) is 11.4 Å². The second-order valence-corrected chi connectivity index (χ2v) is 6.13. The fourth-order valence-corrected chi connectivity index (χ4v) is 3.54. The van der Waals surface area contributed by atoms with Gasteiger partial charge in [-0.3, -0.25) is 9.59 Å². The first-order valence-electron chi connectivity index (χ1n) is 6.92. The molecule has 4 nitrogen and oxygen atoms in total. The molecule has 1 aromatic carbocycles. The van der Waals surface area contributed by atoms with Crippen LogP contribution >= 0.6 is 11.3 Å². The summed E-state index contributed by atoms with van der Waals surface area (Å²) in [5.74, 6) is -1.20. The Balaban J connectivity index is 2.02. The molecule has 0 aliphatic carbocycles. The largest absolute Gasteiger partial charge is 0.503 e. The Hall–Kier alpha value is -2.40. The van der Waals surface area contributed by atoms with Crippen molar-refractivity contribution < 1.29 is 14.7 Å². The van der Waals surface area contributed by atoms with Crippen LogP contribution in [0, 0.1) is 0 Å². The number of thiophene rings is 1. The van der Waals surface area contributed by atoms with Crippen molar-refractivity contribution in [1.82, 2.24) is 4.90 Å². The monoisotopic (exact) mass is 313 g/mol. The highest BCUT2D eigenvalue weighted by atomic mass is 32.1. The van der Waals surface area contributed by atoms with E-state index >= 15 is 0 Å².